The van der Waals surface area contributed by atoms with Gasteiger partial charge in [-0.1, -0.05) is 43.0 Å². The first kappa shape index (κ1) is 13.7. The Balaban J connectivity index is 1.86. The summed E-state index contributed by atoms with van der Waals surface area (Å²) in [4.78, 5) is 11.9. The topological polar surface area (TPSA) is 29.1 Å². The first-order valence-corrected chi connectivity index (χ1v) is 7.05. The quantitative estimate of drug-likeness (QED) is 0.865. The molecule has 1 saturated carbocycles. The van der Waals surface area contributed by atoms with Crippen molar-refractivity contribution in [1.29, 1.82) is 0 Å². The molecule has 1 aliphatic rings. The standard InChI is InChI=1S/C14H17Cl2NO/c1-9(6-10-2-3-10)8-17-14(18)12-5-4-11(15)7-13(12)16/h4-5,7,9-10H,2-3,6,8H2,1H3,(H,17,18). The minimum atomic E-state index is -0.126. The predicted molar refractivity (Wildman–Crippen MR) is 75.3 cm³/mol. The highest BCUT2D eigenvalue weighted by atomic mass is 35.5. The molecule has 1 unspecified atom stereocenters. The Morgan fingerprint density at radius 1 is 1.44 bits per heavy atom. The number of carbonyl (C=O) groups excluding carboxylic acids is 1. The van der Waals surface area contributed by atoms with Crippen LogP contribution in [0.4, 0.5) is 0 Å². The second-order valence-electron chi connectivity index (χ2n) is 5.12. The van der Waals surface area contributed by atoms with Gasteiger partial charge in [0.2, 0.25) is 0 Å². The van der Waals surface area contributed by atoms with Crippen LogP contribution in [0.3, 0.4) is 0 Å². The van der Waals surface area contributed by atoms with Crippen LogP contribution in [0.15, 0.2) is 18.2 Å². The molecular weight excluding hydrogens is 269 g/mol. The molecule has 2 rings (SSSR count). The number of amides is 1. The van der Waals surface area contributed by atoms with E-state index < -0.39 is 0 Å². The van der Waals surface area contributed by atoms with Gasteiger partial charge in [-0.3, -0.25) is 4.79 Å². The Morgan fingerprint density at radius 3 is 2.78 bits per heavy atom. The molecule has 1 amide bonds. The number of hydrogen-bond acceptors (Lipinski definition) is 1. The van der Waals surface area contributed by atoms with Crippen LogP contribution >= 0.6 is 23.2 Å². The molecule has 1 aromatic carbocycles. The van der Waals surface area contributed by atoms with Crippen LogP contribution in [0.2, 0.25) is 10.0 Å². The molecule has 0 radical (unpaired) electrons. The lowest BCUT2D eigenvalue weighted by atomic mass is 10.0. The van der Waals surface area contributed by atoms with Crippen LogP contribution in [0, 0.1) is 11.8 Å². The van der Waals surface area contributed by atoms with Gasteiger partial charge in [0.05, 0.1) is 10.6 Å². The third-order valence-electron chi connectivity index (χ3n) is 3.22. The molecule has 1 atom stereocenters. The van der Waals surface area contributed by atoms with Gasteiger partial charge in [-0.15, -0.1) is 0 Å². The molecule has 1 aromatic rings. The van der Waals surface area contributed by atoms with E-state index in [2.05, 4.69) is 12.2 Å². The summed E-state index contributed by atoms with van der Waals surface area (Å²) in [6, 6.07) is 4.92. The Bertz CT molecular complexity index is 443. The van der Waals surface area contributed by atoms with Gasteiger partial charge in [0.1, 0.15) is 0 Å². The third kappa shape index (κ3) is 3.89. The molecule has 0 aromatic heterocycles. The van der Waals surface area contributed by atoms with Crippen LogP contribution in [0.25, 0.3) is 0 Å². The normalized spacial score (nSPS) is 16.4. The molecule has 0 spiro atoms. The zero-order valence-corrected chi connectivity index (χ0v) is 11.9. The van der Waals surface area contributed by atoms with Crippen molar-refractivity contribution in [3.63, 3.8) is 0 Å². The van der Waals surface area contributed by atoms with E-state index in [0.29, 0.717) is 28.1 Å². The number of rotatable bonds is 5. The molecule has 1 aliphatic carbocycles. The summed E-state index contributed by atoms with van der Waals surface area (Å²) in [6.45, 7) is 2.87. The summed E-state index contributed by atoms with van der Waals surface area (Å²) in [5.74, 6) is 1.28. The van der Waals surface area contributed by atoms with Crippen LogP contribution < -0.4 is 5.32 Å². The largest absolute Gasteiger partial charge is 0.352 e. The van der Waals surface area contributed by atoms with Gasteiger partial charge < -0.3 is 5.32 Å². The van der Waals surface area contributed by atoms with Crippen LogP contribution in [-0.2, 0) is 0 Å². The maximum atomic E-state index is 11.9. The van der Waals surface area contributed by atoms with E-state index in [1.165, 1.54) is 19.3 Å². The van der Waals surface area contributed by atoms with Gasteiger partial charge in [0.25, 0.3) is 5.91 Å². The number of benzene rings is 1. The van der Waals surface area contributed by atoms with Gasteiger partial charge in [-0.2, -0.15) is 0 Å². The van der Waals surface area contributed by atoms with E-state index in [9.17, 15) is 4.79 Å². The molecule has 1 fully saturated rings. The van der Waals surface area contributed by atoms with Crippen molar-refractivity contribution >= 4 is 29.1 Å². The average molecular weight is 286 g/mol. The van der Waals surface area contributed by atoms with E-state index in [1.54, 1.807) is 18.2 Å². The van der Waals surface area contributed by atoms with Crippen molar-refractivity contribution in [2.75, 3.05) is 6.54 Å². The van der Waals surface area contributed by atoms with Gasteiger partial charge in [0, 0.05) is 11.6 Å². The zero-order chi connectivity index (χ0) is 13.1. The number of halogens is 2. The van der Waals surface area contributed by atoms with E-state index >= 15 is 0 Å². The second-order valence-corrected chi connectivity index (χ2v) is 5.96. The number of carbonyl (C=O) groups is 1. The Labute approximate surface area is 118 Å². The summed E-state index contributed by atoms with van der Waals surface area (Å²) < 4.78 is 0. The maximum Gasteiger partial charge on any atom is 0.252 e. The van der Waals surface area contributed by atoms with Gasteiger partial charge in [0.15, 0.2) is 0 Å². The van der Waals surface area contributed by atoms with Gasteiger partial charge in [-0.25, -0.2) is 0 Å². The summed E-state index contributed by atoms with van der Waals surface area (Å²) in [6.07, 6.45) is 3.90. The molecule has 0 heterocycles. The van der Waals surface area contributed by atoms with E-state index in [-0.39, 0.29) is 5.91 Å². The first-order chi connectivity index (χ1) is 8.56. The van der Waals surface area contributed by atoms with Crippen molar-refractivity contribution in [3.8, 4) is 0 Å². The Hall–Kier alpha value is -0.730. The average Bonchev–Trinajstić information content (AvgIpc) is 3.10. The molecule has 0 saturated heterocycles. The number of nitrogens with one attached hydrogen (secondary N) is 1. The minimum absolute atomic E-state index is 0.126. The molecular formula is C14H17Cl2NO. The summed E-state index contributed by atoms with van der Waals surface area (Å²) >= 11 is 11.8. The van der Waals surface area contributed by atoms with Gasteiger partial charge in [-0.05, 0) is 36.5 Å². The highest BCUT2D eigenvalue weighted by Crippen LogP contribution is 2.35. The fraction of sp³-hybridized carbons (Fsp3) is 0.500. The molecule has 98 valence electrons. The molecule has 2 nitrogen and oxygen atoms in total. The number of hydrogen-bond donors (Lipinski definition) is 1. The summed E-state index contributed by atoms with van der Waals surface area (Å²) in [5, 5.41) is 3.86. The Kier molecular flexibility index (Phi) is 4.52. The third-order valence-corrected chi connectivity index (χ3v) is 3.77. The lowest BCUT2D eigenvalue weighted by molar-refractivity contribution is 0.0947. The van der Waals surface area contributed by atoms with Crippen LogP contribution in [0.1, 0.15) is 36.5 Å². The van der Waals surface area contributed by atoms with Crippen LogP contribution in [-0.4, -0.2) is 12.5 Å². The molecule has 18 heavy (non-hydrogen) atoms. The van der Waals surface area contributed by atoms with Crippen molar-refractivity contribution in [2.24, 2.45) is 11.8 Å². The first-order valence-electron chi connectivity index (χ1n) is 6.29. The SMILES string of the molecule is CC(CNC(=O)c1ccc(Cl)cc1Cl)CC1CC1. The fourth-order valence-corrected chi connectivity index (χ4v) is 2.54. The maximum absolute atomic E-state index is 11.9. The van der Waals surface area contributed by atoms with Crippen molar-refractivity contribution in [3.05, 3.63) is 33.8 Å². The summed E-state index contributed by atoms with van der Waals surface area (Å²) in [7, 11) is 0. The van der Waals surface area contributed by atoms with E-state index in [1.807, 2.05) is 0 Å². The second kappa shape index (κ2) is 5.94. The van der Waals surface area contributed by atoms with Crippen molar-refractivity contribution < 1.29 is 4.79 Å². The molecule has 0 bridgehead atoms. The van der Waals surface area contributed by atoms with Crippen LogP contribution in [0.5, 0.6) is 0 Å². The fourth-order valence-electron chi connectivity index (χ4n) is 2.04. The monoisotopic (exact) mass is 285 g/mol. The predicted octanol–water partition coefficient (Wildman–Crippen LogP) is 4.16. The Morgan fingerprint density at radius 2 is 2.17 bits per heavy atom. The lowest BCUT2D eigenvalue weighted by Gasteiger charge is -2.12. The molecule has 1 N–H and O–H groups in total. The van der Waals surface area contributed by atoms with Gasteiger partial charge >= 0.3 is 0 Å². The highest BCUT2D eigenvalue weighted by Gasteiger charge is 2.23. The van der Waals surface area contributed by atoms with E-state index in [4.69, 9.17) is 23.2 Å². The van der Waals surface area contributed by atoms with Crippen molar-refractivity contribution in [2.45, 2.75) is 26.2 Å². The molecule has 0 aliphatic heterocycles. The summed E-state index contributed by atoms with van der Waals surface area (Å²) in [5.41, 5.74) is 0.486. The smallest absolute Gasteiger partial charge is 0.252 e. The highest BCUT2D eigenvalue weighted by molar-refractivity contribution is 6.36. The molecule has 4 heteroatoms. The zero-order valence-electron chi connectivity index (χ0n) is 10.4. The minimum Gasteiger partial charge on any atom is -0.352 e. The lowest BCUT2D eigenvalue weighted by Crippen LogP contribution is -2.28. The van der Waals surface area contributed by atoms with E-state index in [0.717, 1.165) is 5.92 Å². The van der Waals surface area contributed by atoms with Crippen molar-refractivity contribution in [1.82, 2.24) is 5.32 Å².